The maximum atomic E-state index is 12.8. The summed E-state index contributed by atoms with van der Waals surface area (Å²) in [6.45, 7) is 1.17. The minimum atomic E-state index is -0.388. The highest BCUT2D eigenvalue weighted by Gasteiger charge is 2.48. The van der Waals surface area contributed by atoms with E-state index in [-0.39, 0.29) is 17.6 Å². The van der Waals surface area contributed by atoms with Crippen LogP contribution in [0.1, 0.15) is 24.0 Å². The molecule has 1 aromatic carbocycles. The Labute approximate surface area is 164 Å². The molecule has 1 aromatic heterocycles. The number of carbonyl (C=O) groups is 1. The number of piperidine rings is 1. The summed E-state index contributed by atoms with van der Waals surface area (Å²) in [6.07, 6.45) is 1.80. The number of pyridine rings is 1. The van der Waals surface area contributed by atoms with E-state index in [4.69, 9.17) is 9.47 Å². The third kappa shape index (κ3) is 3.05. The summed E-state index contributed by atoms with van der Waals surface area (Å²) < 4.78 is 10.3. The van der Waals surface area contributed by atoms with Gasteiger partial charge in [0.2, 0.25) is 11.8 Å². The number of anilines is 1. The van der Waals surface area contributed by atoms with Crippen LogP contribution in [0.15, 0.2) is 36.4 Å². The van der Waals surface area contributed by atoms with Gasteiger partial charge in [0.25, 0.3) is 0 Å². The van der Waals surface area contributed by atoms with Crippen molar-refractivity contribution in [1.82, 2.24) is 9.88 Å². The van der Waals surface area contributed by atoms with Crippen LogP contribution in [0.5, 0.6) is 11.8 Å². The molecule has 28 heavy (non-hydrogen) atoms. The van der Waals surface area contributed by atoms with Gasteiger partial charge >= 0.3 is 6.03 Å². The second-order valence-electron chi connectivity index (χ2n) is 7.36. The van der Waals surface area contributed by atoms with Crippen LogP contribution in [0.3, 0.4) is 0 Å². The molecule has 7 heteroatoms. The Bertz CT molecular complexity index is 878. The van der Waals surface area contributed by atoms with Gasteiger partial charge in [0.05, 0.1) is 20.3 Å². The van der Waals surface area contributed by atoms with E-state index in [0.29, 0.717) is 37.0 Å². The Morgan fingerprint density at radius 2 is 1.93 bits per heavy atom. The number of carbonyl (C=O) groups excluding carboxylic acids is 1. The molecule has 2 aromatic rings. The molecule has 1 saturated heterocycles. The first-order valence-corrected chi connectivity index (χ1v) is 9.49. The van der Waals surface area contributed by atoms with Crippen LogP contribution in [-0.2, 0) is 11.8 Å². The average molecular weight is 383 g/mol. The van der Waals surface area contributed by atoms with Crippen molar-refractivity contribution in [3.63, 3.8) is 0 Å². The lowest BCUT2D eigenvalue weighted by molar-refractivity contribution is 0.0531. The summed E-state index contributed by atoms with van der Waals surface area (Å²) >= 11 is 0. The highest BCUT2D eigenvalue weighted by Crippen LogP contribution is 2.46. The number of fused-ring (bicyclic) bond motifs is 2. The van der Waals surface area contributed by atoms with Gasteiger partial charge in [-0.1, -0.05) is 24.3 Å². The Balaban J connectivity index is 1.45. The summed E-state index contributed by atoms with van der Waals surface area (Å²) in [5.74, 6) is 0.727. The normalized spacial score (nSPS) is 20.0. The van der Waals surface area contributed by atoms with E-state index in [1.807, 2.05) is 12.1 Å². The predicted octanol–water partition coefficient (Wildman–Crippen LogP) is 2.58. The van der Waals surface area contributed by atoms with Crippen LogP contribution in [-0.4, -0.2) is 54.4 Å². The number of aromatic nitrogens is 1. The van der Waals surface area contributed by atoms with Gasteiger partial charge in [-0.3, -0.25) is 0 Å². The number of nitrogens with zero attached hydrogens (tertiary/aromatic N) is 2. The molecular formula is C21H25N3O4. The third-order valence-corrected chi connectivity index (χ3v) is 6.03. The average Bonchev–Trinajstić information content (AvgIpc) is 3.00. The molecule has 1 aliphatic carbocycles. The van der Waals surface area contributed by atoms with Gasteiger partial charge in [0, 0.05) is 24.6 Å². The topological polar surface area (TPSA) is 83.9 Å². The number of rotatable bonds is 3. The maximum Gasteiger partial charge on any atom is 0.321 e. The van der Waals surface area contributed by atoms with Crippen LogP contribution in [0, 0.1) is 0 Å². The van der Waals surface area contributed by atoms with E-state index in [1.165, 1.54) is 25.3 Å². The summed E-state index contributed by atoms with van der Waals surface area (Å²) in [5.41, 5.74) is 2.72. The molecule has 2 heterocycles. The molecule has 148 valence electrons. The van der Waals surface area contributed by atoms with Gasteiger partial charge in [0.15, 0.2) is 0 Å². The molecule has 2 amide bonds. The minimum absolute atomic E-state index is 0.194. The van der Waals surface area contributed by atoms with Crippen molar-refractivity contribution in [3.8, 4) is 11.8 Å². The zero-order chi connectivity index (χ0) is 19.7. The molecule has 2 N–H and O–H groups in total. The summed E-state index contributed by atoms with van der Waals surface area (Å²) in [4.78, 5) is 18.7. The SMILES string of the molecule is COc1ccc(NC(=O)N2CCC3(CC2)c2ccccc2C[C@H]3O)c(OC)n1. The molecule has 0 saturated carbocycles. The van der Waals surface area contributed by atoms with Crippen LogP contribution in [0.25, 0.3) is 0 Å². The van der Waals surface area contributed by atoms with Crippen molar-refractivity contribution in [2.75, 3.05) is 32.6 Å². The summed E-state index contributed by atoms with van der Waals surface area (Å²) in [7, 11) is 3.03. The van der Waals surface area contributed by atoms with E-state index in [1.54, 1.807) is 17.0 Å². The number of hydrogen-bond donors (Lipinski definition) is 2. The number of amides is 2. The second-order valence-corrected chi connectivity index (χ2v) is 7.36. The van der Waals surface area contributed by atoms with Crippen molar-refractivity contribution in [1.29, 1.82) is 0 Å². The zero-order valence-corrected chi connectivity index (χ0v) is 16.1. The Hall–Kier alpha value is -2.80. The fourth-order valence-corrected chi connectivity index (χ4v) is 4.46. The molecule has 0 unspecified atom stereocenters. The maximum absolute atomic E-state index is 12.8. The number of ether oxygens (including phenoxy) is 2. The van der Waals surface area contributed by atoms with E-state index < -0.39 is 0 Å². The Kier molecular flexibility index (Phi) is 4.85. The van der Waals surface area contributed by atoms with E-state index >= 15 is 0 Å². The summed E-state index contributed by atoms with van der Waals surface area (Å²) in [6, 6.07) is 11.5. The number of urea groups is 1. The van der Waals surface area contributed by atoms with Crippen molar-refractivity contribution in [2.45, 2.75) is 30.8 Å². The first kappa shape index (κ1) is 18.6. The molecule has 1 spiro atoms. The minimum Gasteiger partial charge on any atom is -0.481 e. The lowest BCUT2D eigenvalue weighted by Crippen LogP contribution is -2.50. The molecule has 1 atom stereocenters. The lowest BCUT2D eigenvalue weighted by atomic mass is 9.72. The molecule has 0 bridgehead atoms. The van der Waals surface area contributed by atoms with E-state index in [9.17, 15) is 9.90 Å². The second kappa shape index (κ2) is 7.31. The van der Waals surface area contributed by atoms with Crippen molar-refractivity contribution < 1.29 is 19.4 Å². The Morgan fingerprint density at radius 1 is 1.18 bits per heavy atom. The third-order valence-electron chi connectivity index (χ3n) is 6.03. The largest absolute Gasteiger partial charge is 0.481 e. The monoisotopic (exact) mass is 383 g/mol. The Morgan fingerprint density at radius 3 is 2.64 bits per heavy atom. The van der Waals surface area contributed by atoms with Crippen molar-refractivity contribution in [3.05, 3.63) is 47.5 Å². The van der Waals surface area contributed by atoms with E-state index in [2.05, 4.69) is 22.4 Å². The molecule has 7 nitrogen and oxygen atoms in total. The van der Waals surface area contributed by atoms with E-state index in [0.717, 1.165) is 12.8 Å². The molecule has 2 aliphatic rings. The van der Waals surface area contributed by atoms with Crippen molar-refractivity contribution >= 4 is 11.7 Å². The molecule has 1 fully saturated rings. The number of benzene rings is 1. The first-order valence-electron chi connectivity index (χ1n) is 9.49. The quantitative estimate of drug-likeness (QED) is 0.851. The number of aliphatic hydroxyl groups excluding tert-OH is 1. The molecule has 1 aliphatic heterocycles. The number of methoxy groups -OCH3 is 2. The number of hydrogen-bond acceptors (Lipinski definition) is 5. The zero-order valence-electron chi connectivity index (χ0n) is 16.1. The van der Waals surface area contributed by atoms with Crippen LogP contribution < -0.4 is 14.8 Å². The first-order chi connectivity index (χ1) is 13.6. The molecule has 0 radical (unpaired) electrons. The lowest BCUT2D eigenvalue weighted by Gasteiger charge is -2.42. The van der Waals surface area contributed by atoms with Gasteiger partial charge in [-0.2, -0.15) is 4.98 Å². The standard InChI is InChI=1S/C21H25N3O4/c1-27-18-8-7-16(19(23-18)28-2)22-20(26)24-11-9-21(10-12-24)15-6-4-3-5-14(15)13-17(21)25/h3-8,17,25H,9-13H2,1-2H3,(H,22,26)/t17-/m1/s1. The molecule has 4 rings (SSSR count). The van der Waals surface area contributed by atoms with Gasteiger partial charge in [0.1, 0.15) is 5.69 Å². The summed E-state index contributed by atoms with van der Waals surface area (Å²) in [5, 5.41) is 13.6. The van der Waals surface area contributed by atoms with Crippen LogP contribution in [0.4, 0.5) is 10.5 Å². The van der Waals surface area contributed by atoms with Crippen LogP contribution >= 0.6 is 0 Å². The number of likely N-dealkylation sites (tertiary alicyclic amines) is 1. The number of nitrogens with one attached hydrogen (secondary N) is 1. The fourth-order valence-electron chi connectivity index (χ4n) is 4.46. The van der Waals surface area contributed by atoms with Crippen LogP contribution in [0.2, 0.25) is 0 Å². The molecular weight excluding hydrogens is 358 g/mol. The highest BCUT2D eigenvalue weighted by molar-refractivity contribution is 5.90. The van der Waals surface area contributed by atoms with Gasteiger partial charge in [-0.25, -0.2) is 4.79 Å². The van der Waals surface area contributed by atoms with Gasteiger partial charge < -0.3 is 24.8 Å². The number of aliphatic hydroxyl groups is 1. The fraction of sp³-hybridized carbons (Fsp3) is 0.429. The predicted molar refractivity (Wildman–Crippen MR) is 105 cm³/mol. The van der Waals surface area contributed by atoms with Crippen molar-refractivity contribution in [2.24, 2.45) is 0 Å². The van der Waals surface area contributed by atoms with Gasteiger partial charge in [-0.05, 0) is 36.5 Å². The van der Waals surface area contributed by atoms with Gasteiger partial charge in [-0.15, -0.1) is 0 Å². The highest BCUT2D eigenvalue weighted by atomic mass is 16.5. The smallest absolute Gasteiger partial charge is 0.321 e.